The van der Waals surface area contributed by atoms with Gasteiger partial charge in [0.2, 0.25) is 0 Å². The van der Waals surface area contributed by atoms with Crippen molar-refractivity contribution >= 4 is 40.9 Å². The summed E-state index contributed by atoms with van der Waals surface area (Å²) in [5.74, 6) is -4.58. The van der Waals surface area contributed by atoms with Gasteiger partial charge in [-0.05, 0) is 30.3 Å². The maximum atomic E-state index is 12.5. The summed E-state index contributed by atoms with van der Waals surface area (Å²) in [6.07, 6.45) is 0. The molecule has 0 amide bonds. The Morgan fingerprint density at radius 2 is 1.39 bits per heavy atom. The van der Waals surface area contributed by atoms with E-state index in [1.165, 1.54) is 18.2 Å². The van der Waals surface area contributed by atoms with Gasteiger partial charge in [0.1, 0.15) is 11.3 Å². The van der Waals surface area contributed by atoms with Gasteiger partial charge in [-0.15, -0.1) is 0 Å². The summed E-state index contributed by atoms with van der Waals surface area (Å²) in [4.78, 5) is 34.8. The zero-order valence-corrected chi connectivity index (χ0v) is 12.7. The Morgan fingerprint density at radius 1 is 0.783 bits per heavy atom. The largest absolute Gasteiger partial charge is 0.507 e. The van der Waals surface area contributed by atoms with Crippen LogP contribution in [-0.2, 0) is 0 Å². The molecule has 0 heterocycles. The van der Waals surface area contributed by atoms with Gasteiger partial charge in [0.25, 0.3) is 0 Å². The molecule has 8 heteroatoms. The average Bonchev–Trinajstić information content (AvgIpc) is 2.48. The number of aromatic hydroxyl groups is 1. The van der Waals surface area contributed by atoms with E-state index in [0.717, 1.165) is 6.07 Å². The van der Waals surface area contributed by atoms with E-state index in [9.17, 15) is 24.6 Å². The number of carboxylic acid groups (broad SMARTS) is 2. The van der Waals surface area contributed by atoms with Gasteiger partial charge < -0.3 is 15.3 Å². The molecule has 0 saturated carbocycles. The molecule has 0 aliphatic carbocycles. The van der Waals surface area contributed by atoms with Crippen LogP contribution in [0.2, 0.25) is 10.0 Å². The minimum absolute atomic E-state index is 0.0394. The topological polar surface area (TPSA) is 112 Å². The SMILES string of the molecule is O=C(O)c1cc(C(=O)O)c(C(=O)c2cc(Cl)ccc2Cl)cc1O. The highest BCUT2D eigenvalue weighted by Gasteiger charge is 2.24. The van der Waals surface area contributed by atoms with Crippen LogP contribution >= 0.6 is 23.2 Å². The number of hydrogen-bond donors (Lipinski definition) is 3. The molecule has 0 atom stereocenters. The Labute approximate surface area is 139 Å². The highest BCUT2D eigenvalue weighted by Crippen LogP contribution is 2.28. The quantitative estimate of drug-likeness (QED) is 0.726. The molecule has 0 bridgehead atoms. The monoisotopic (exact) mass is 354 g/mol. The Morgan fingerprint density at radius 3 is 1.96 bits per heavy atom. The number of rotatable bonds is 4. The van der Waals surface area contributed by atoms with E-state index in [4.69, 9.17) is 28.3 Å². The molecule has 0 spiro atoms. The van der Waals surface area contributed by atoms with Crippen molar-refractivity contribution in [3.05, 3.63) is 62.6 Å². The van der Waals surface area contributed by atoms with Gasteiger partial charge in [0, 0.05) is 16.1 Å². The van der Waals surface area contributed by atoms with Gasteiger partial charge in [0.15, 0.2) is 5.78 Å². The first-order valence-electron chi connectivity index (χ1n) is 6.05. The van der Waals surface area contributed by atoms with E-state index in [1.54, 1.807) is 0 Å². The number of phenols is 1. The number of carboxylic acids is 2. The number of aromatic carboxylic acids is 2. The van der Waals surface area contributed by atoms with Crippen molar-refractivity contribution in [1.82, 2.24) is 0 Å². The minimum Gasteiger partial charge on any atom is -0.507 e. The van der Waals surface area contributed by atoms with E-state index in [0.29, 0.717) is 6.07 Å². The molecule has 0 aromatic heterocycles. The van der Waals surface area contributed by atoms with Crippen LogP contribution in [0.5, 0.6) is 5.75 Å². The van der Waals surface area contributed by atoms with Crippen LogP contribution in [0.3, 0.4) is 0 Å². The minimum atomic E-state index is -1.52. The predicted molar refractivity (Wildman–Crippen MR) is 81.9 cm³/mol. The number of benzene rings is 2. The first kappa shape index (κ1) is 16.8. The first-order chi connectivity index (χ1) is 10.7. The normalized spacial score (nSPS) is 10.3. The Balaban J connectivity index is 2.69. The standard InChI is InChI=1S/C15H8Cl2O6/c16-6-1-2-11(17)9(3-6)13(19)7-5-12(18)10(15(22)23)4-8(7)14(20)21/h1-5,18H,(H,20,21)(H,22,23). The lowest BCUT2D eigenvalue weighted by Gasteiger charge is -2.10. The number of halogens is 2. The lowest BCUT2D eigenvalue weighted by molar-refractivity contribution is 0.0692. The Bertz CT molecular complexity index is 844. The van der Waals surface area contributed by atoms with Crippen LogP contribution in [0.4, 0.5) is 0 Å². The fraction of sp³-hybridized carbons (Fsp3) is 0. The zero-order valence-electron chi connectivity index (χ0n) is 11.2. The van der Waals surface area contributed by atoms with E-state index >= 15 is 0 Å². The molecule has 2 aromatic carbocycles. The van der Waals surface area contributed by atoms with Crippen LogP contribution in [0, 0.1) is 0 Å². The van der Waals surface area contributed by atoms with Gasteiger partial charge in [0.05, 0.1) is 10.6 Å². The fourth-order valence-corrected chi connectivity index (χ4v) is 2.32. The number of carbonyl (C=O) groups excluding carboxylic acids is 1. The average molecular weight is 355 g/mol. The highest BCUT2D eigenvalue weighted by atomic mass is 35.5. The second-order valence-electron chi connectivity index (χ2n) is 4.48. The summed E-state index contributed by atoms with van der Waals surface area (Å²) in [6.45, 7) is 0. The molecule has 0 aliphatic heterocycles. The molecular formula is C15H8Cl2O6. The lowest BCUT2D eigenvalue weighted by Crippen LogP contribution is -2.12. The van der Waals surface area contributed by atoms with Gasteiger partial charge in [-0.3, -0.25) is 4.79 Å². The number of hydrogen-bond acceptors (Lipinski definition) is 4. The third kappa shape index (κ3) is 3.28. The van der Waals surface area contributed by atoms with E-state index in [2.05, 4.69) is 0 Å². The Kier molecular flexibility index (Phi) is 4.58. The van der Waals surface area contributed by atoms with Gasteiger partial charge in [-0.2, -0.15) is 0 Å². The van der Waals surface area contributed by atoms with Crippen LogP contribution in [-0.4, -0.2) is 33.0 Å². The summed E-state index contributed by atoms with van der Waals surface area (Å²) >= 11 is 11.7. The molecule has 2 aromatic rings. The van der Waals surface area contributed by atoms with E-state index in [1.807, 2.05) is 0 Å². The predicted octanol–water partition coefficient (Wildman–Crippen LogP) is 3.33. The summed E-state index contributed by atoms with van der Waals surface area (Å²) in [5.41, 5.74) is -1.66. The lowest BCUT2D eigenvalue weighted by atomic mass is 9.95. The highest BCUT2D eigenvalue weighted by molar-refractivity contribution is 6.37. The Hall–Kier alpha value is -2.57. The zero-order chi connectivity index (χ0) is 17.3. The van der Waals surface area contributed by atoms with E-state index in [-0.39, 0.29) is 15.6 Å². The fourth-order valence-electron chi connectivity index (χ4n) is 1.94. The van der Waals surface area contributed by atoms with Crippen molar-refractivity contribution in [2.75, 3.05) is 0 Å². The molecule has 0 aliphatic rings. The second-order valence-corrected chi connectivity index (χ2v) is 5.32. The molecule has 0 unspecified atom stereocenters. The third-order valence-corrected chi connectivity index (χ3v) is 3.58. The maximum absolute atomic E-state index is 12.5. The van der Waals surface area contributed by atoms with Gasteiger partial charge >= 0.3 is 11.9 Å². The molecule has 23 heavy (non-hydrogen) atoms. The second kappa shape index (κ2) is 6.28. The van der Waals surface area contributed by atoms with Crippen molar-refractivity contribution in [3.63, 3.8) is 0 Å². The molecule has 0 radical (unpaired) electrons. The molecule has 3 N–H and O–H groups in total. The summed E-state index contributed by atoms with van der Waals surface area (Å²) in [6, 6.07) is 5.56. The smallest absolute Gasteiger partial charge is 0.339 e. The first-order valence-corrected chi connectivity index (χ1v) is 6.81. The van der Waals surface area contributed by atoms with Crippen LogP contribution in [0.25, 0.3) is 0 Å². The molecule has 118 valence electrons. The van der Waals surface area contributed by atoms with Crippen molar-refractivity contribution in [1.29, 1.82) is 0 Å². The molecule has 0 saturated heterocycles. The summed E-state index contributed by atoms with van der Waals surface area (Å²) < 4.78 is 0. The van der Waals surface area contributed by atoms with Gasteiger partial charge in [-0.1, -0.05) is 23.2 Å². The third-order valence-electron chi connectivity index (χ3n) is 3.01. The van der Waals surface area contributed by atoms with Crippen molar-refractivity contribution in [2.24, 2.45) is 0 Å². The van der Waals surface area contributed by atoms with Gasteiger partial charge in [-0.25, -0.2) is 9.59 Å². The molecule has 2 rings (SSSR count). The van der Waals surface area contributed by atoms with Crippen LogP contribution in [0.15, 0.2) is 30.3 Å². The van der Waals surface area contributed by atoms with E-state index < -0.39 is 40.2 Å². The number of ketones is 1. The van der Waals surface area contributed by atoms with Crippen molar-refractivity contribution < 1.29 is 29.7 Å². The summed E-state index contributed by atoms with van der Waals surface area (Å²) in [5, 5.41) is 28.1. The molecule has 0 fully saturated rings. The number of carbonyl (C=O) groups is 3. The molecule has 6 nitrogen and oxygen atoms in total. The van der Waals surface area contributed by atoms with Crippen LogP contribution in [0.1, 0.15) is 36.6 Å². The van der Waals surface area contributed by atoms with Crippen molar-refractivity contribution in [3.8, 4) is 5.75 Å². The van der Waals surface area contributed by atoms with Crippen molar-refractivity contribution in [2.45, 2.75) is 0 Å². The maximum Gasteiger partial charge on any atom is 0.339 e. The molecular weight excluding hydrogens is 347 g/mol. The summed E-state index contributed by atoms with van der Waals surface area (Å²) in [7, 11) is 0. The van der Waals surface area contributed by atoms with Crippen LogP contribution < -0.4 is 0 Å².